The molecule has 1 fully saturated rings. The molecule has 27 heavy (non-hydrogen) atoms. The van der Waals surface area contributed by atoms with Crippen molar-refractivity contribution >= 4 is 46.0 Å². The van der Waals surface area contributed by atoms with E-state index in [2.05, 4.69) is 0 Å². The highest BCUT2D eigenvalue weighted by molar-refractivity contribution is 8.27. The Balaban J connectivity index is 1.96. The van der Waals surface area contributed by atoms with E-state index in [1.807, 2.05) is 43.3 Å². The number of thioether (sulfide) groups is 1. The van der Waals surface area contributed by atoms with Crippen molar-refractivity contribution in [2.75, 3.05) is 25.7 Å². The summed E-state index contributed by atoms with van der Waals surface area (Å²) in [6.45, 7) is 2.40. The highest BCUT2D eigenvalue weighted by Crippen LogP contribution is 2.40. The first kappa shape index (κ1) is 19.3. The van der Waals surface area contributed by atoms with Crippen molar-refractivity contribution < 1.29 is 19.0 Å². The third-order valence-corrected chi connectivity index (χ3v) is 5.23. The highest BCUT2D eigenvalue weighted by Gasteiger charge is 2.35. The molecule has 2 aromatic carbocycles. The fourth-order valence-electron chi connectivity index (χ4n) is 2.67. The van der Waals surface area contributed by atoms with Gasteiger partial charge in [0.05, 0.1) is 31.4 Å². The minimum Gasteiger partial charge on any atom is -0.497 e. The van der Waals surface area contributed by atoms with Crippen molar-refractivity contribution in [3.8, 4) is 17.2 Å². The van der Waals surface area contributed by atoms with Gasteiger partial charge in [-0.05, 0) is 37.3 Å². The van der Waals surface area contributed by atoms with Gasteiger partial charge in [0, 0.05) is 11.6 Å². The number of thiocarbonyl (C=S) groups is 1. The molecule has 7 heteroatoms. The Bertz CT molecular complexity index is 911. The van der Waals surface area contributed by atoms with Crippen LogP contribution in [0.2, 0.25) is 0 Å². The second kappa shape index (κ2) is 8.45. The molecule has 0 spiro atoms. The Morgan fingerprint density at radius 2 is 1.89 bits per heavy atom. The Morgan fingerprint density at radius 1 is 1.11 bits per heavy atom. The molecule has 0 bridgehead atoms. The van der Waals surface area contributed by atoms with Crippen LogP contribution in [0.5, 0.6) is 17.2 Å². The number of carbonyl (C=O) groups is 1. The van der Waals surface area contributed by atoms with Crippen LogP contribution in [0, 0.1) is 0 Å². The Hall–Kier alpha value is -2.51. The van der Waals surface area contributed by atoms with Crippen LogP contribution in [0.4, 0.5) is 5.69 Å². The summed E-state index contributed by atoms with van der Waals surface area (Å²) < 4.78 is 16.7. The number of ether oxygens (including phenoxy) is 3. The van der Waals surface area contributed by atoms with E-state index in [-0.39, 0.29) is 5.91 Å². The minimum atomic E-state index is -0.185. The third-order valence-electron chi connectivity index (χ3n) is 3.93. The Labute approximate surface area is 167 Å². The number of hydrogen-bond acceptors (Lipinski definition) is 6. The molecule has 0 aliphatic carbocycles. The first-order valence-corrected chi connectivity index (χ1v) is 9.53. The van der Waals surface area contributed by atoms with Gasteiger partial charge in [-0.1, -0.05) is 36.1 Å². The summed E-state index contributed by atoms with van der Waals surface area (Å²) in [4.78, 5) is 15.1. The molecule has 0 unspecified atom stereocenters. The molecule has 0 radical (unpaired) electrons. The number of carbonyl (C=O) groups excluding carboxylic acids is 1. The van der Waals surface area contributed by atoms with E-state index in [0.29, 0.717) is 38.8 Å². The summed E-state index contributed by atoms with van der Waals surface area (Å²) in [5, 5.41) is 0. The molecule has 1 heterocycles. The predicted molar refractivity (Wildman–Crippen MR) is 113 cm³/mol. The number of nitrogens with zero attached hydrogens (tertiary/aromatic N) is 1. The fraction of sp³-hybridized carbons (Fsp3) is 0.200. The van der Waals surface area contributed by atoms with Gasteiger partial charge in [-0.15, -0.1) is 0 Å². The molecule has 2 aromatic rings. The number of para-hydroxylation sites is 2. The number of anilines is 1. The molecule has 3 rings (SSSR count). The van der Waals surface area contributed by atoms with Crippen molar-refractivity contribution in [1.82, 2.24) is 0 Å². The van der Waals surface area contributed by atoms with Gasteiger partial charge in [0.2, 0.25) is 0 Å². The van der Waals surface area contributed by atoms with Gasteiger partial charge in [0.15, 0.2) is 4.32 Å². The van der Waals surface area contributed by atoms with E-state index >= 15 is 0 Å². The zero-order valence-electron chi connectivity index (χ0n) is 15.2. The zero-order valence-corrected chi connectivity index (χ0v) is 16.9. The average molecular weight is 402 g/mol. The van der Waals surface area contributed by atoms with Gasteiger partial charge < -0.3 is 14.2 Å². The van der Waals surface area contributed by atoms with E-state index in [1.54, 1.807) is 26.4 Å². The van der Waals surface area contributed by atoms with Gasteiger partial charge in [-0.2, -0.15) is 0 Å². The number of amides is 1. The summed E-state index contributed by atoms with van der Waals surface area (Å²) >= 11 is 6.71. The van der Waals surface area contributed by atoms with E-state index in [4.69, 9.17) is 26.4 Å². The predicted octanol–water partition coefficient (Wildman–Crippen LogP) is 4.51. The second-order valence-corrected chi connectivity index (χ2v) is 7.20. The van der Waals surface area contributed by atoms with E-state index in [0.717, 1.165) is 5.56 Å². The van der Waals surface area contributed by atoms with Crippen LogP contribution in [-0.4, -0.2) is 31.1 Å². The van der Waals surface area contributed by atoms with E-state index < -0.39 is 0 Å². The lowest BCUT2D eigenvalue weighted by Crippen LogP contribution is -2.28. The first-order valence-electron chi connectivity index (χ1n) is 8.30. The third kappa shape index (κ3) is 3.94. The number of methoxy groups -OCH3 is 2. The molecule has 0 N–H and O–H groups in total. The molecule has 1 aliphatic heterocycles. The first-order chi connectivity index (χ1) is 13.1. The maximum absolute atomic E-state index is 13.0. The van der Waals surface area contributed by atoms with Gasteiger partial charge in [0.1, 0.15) is 17.2 Å². The summed E-state index contributed by atoms with van der Waals surface area (Å²) in [6.07, 6.45) is 1.78. The topological polar surface area (TPSA) is 48.0 Å². The molecule has 140 valence electrons. The summed E-state index contributed by atoms with van der Waals surface area (Å²) in [7, 11) is 3.17. The van der Waals surface area contributed by atoms with E-state index in [9.17, 15) is 4.79 Å². The molecule has 0 saturated carbocycles. The Kier molecular flexibility index (Phi) is 6.03. The number of hydrogen-bond donors (Lipinski definition) is 0. The SMILES string of the molecule is CCOc1ccccc1N1C(=O)/C(=C/c2ccc(OC)cc2OC)SC1=S. The lowest BCUT2D eigenvalue weighted by molar-refractivity contribution is -0.113. The Morgan fingerprint density at radius 3 is 2.59 bits per heavy atom. The highest BCUT2D eigenvalue weighted by atomic mass is 32.2. The molecule has 1 saturated heterocycles. The minimum absolute atomic E-state index is 0.185. The van der Waals surface area contributed by atoms with Crippen LogP contribution in [-0.2, 0) is 4.79 Å². The summed E-state index contributed by atoms with van der Waals surface area (Å²) in [5.74, 6) is 1.74. The zero-order chi connectivity index (χ0) is 19.4. The maximum Gasteiger partial charge on any atom is 0.270 e. The quantitative estimate of drug-likeness (QED) is 0.524. The van der Waals surface area contributed by atoms with Gasteiger partial charge in [-0.25, -0.2) is 0 Å². The van der Waals surface area contributed by atoms with Gasteiger partial charge in [-0.3, -0.25) is 9.69 Å². The molecular formula is C20H19NO4S2. The van der Waals surface area contributed by atoms with Crippen LogP contribution < -0.4 is 19.1 Å². The largest absolute Gasteiger partial charge is 0.497 e. The normalized spacial score (nSPS) is 15.4. The molecular weight excluding hydrogens is 382 g/mol. The van der Waals surface area contributed by atoms with Crippen molar-refractivity contribution in [3.05, 3.63) is 52.9 Å². The van der Waals surface area contributed by atoms with Crippen molar-refractivity contribution in [1.29, 1.82) is 0 Å². The van der Waals surface area contributed by atoms with Crippen LogP contribution in [0.1, 0.15) is 12.5 Å². The standard InChI is InChI=1S/C20H19NO4S2/c1-4-25-16-8-6-5-7-15(16)21-19(22)18(27-20(21)26)11-13-9-10-14(23-2)12-17(13)24-3/h5-12H,4H2,1-3H3/b18-11-. The van der Waals surface area contributed by atoms with Crippen LogP contribution in [0.3, 0.4) is 0 Å². The van der Waals surface area contributed by atoms with Crippen molar-refractivity contribution in [3.63, 3.8) is 0 Å². The molecule has 0 aromatic heterocycles. The average Bonchev–Trinajstić information content (AvgIpc) is 2.96. The fourth-order valence-corrected chi connectivity index (χ4v) is 3.95. The molecule has 1 aliphatic rings. The molecule has 5 nitrogen and oxygen atoms in total. The van der Waals surface area contributed by atoms with Crippen molar-refractivity contribution in [2.24, 2.45) is 0 Å². The smallest absolute Gasteiger partial charge is 0.270 e. The van der Waals surface area contributed by atoms with Gasteiger partial charge in [0.25, 0.3) is 5.91 Å². The van der Waals surface area contributed by atoms with Gasteiger partial charge >= 0.3 is 0 Å². The summed E-state index contributed by atoms with van der Waals surface area (Å²) in [6, 6.07) is 12.8. The lowest BCUT2D eigenvalue weighted by atomic mass is 10.1. The second-order valence-electron chi connectivity index (χ2n) is 5.53. The maximum atomic E-state index is 13.0. The van der Waals surface area contributed by atoms with Crippen LogP contribution in [0.15, 0.2) is 47.4 Å². The molecule has 0 atom stereocenters. The number of benzene rings is 2. The van der Waals surface area contributed by atoms with Crippen LogP contribution >= 0.6 is 24.0 Å². The van der Waals surface area contributed by atoms with Crippen LogP contribution in [0.25, 0.3) is 6.08 Å². The summed E-state index contributed by atoms with van der Waals surface area (Å²) in [5.41, 5.74) is 1.42. The monoisotopic (exact) mass is 401 g/mol. The molecule has 1 amide bonds. The number of rotatable bonds is 6. The van der Waals surface area contributed by atoms with E-state index in [1.165, 1.54) is 16.7 Å². The lowest BCUT2D eigenvalue weighted by Gasteiger charge is -2.18. The van der Waals surface area contributed by atoms with Crippen molar-refractivity contribution in [2.45, 2.75) is 6.92 Å².